The van der Waals surface area contributed by atoms with Gasteiger partial charge in [0.05, 0.1) is 32.0 Å². The SMILES string of the molecule is C[C@]1(COP(O)(O)=S)O[C@@H](n2cnc3c(N)ncnc32)C[C@@H]1OP(=O)(S)OC[C@@H]1CC[C@H](n2cnc3c(N)ncnc32)O1. The molecule has 0 bridgehead atoms. The second-order valence-corrected chi connectivity index (χ2v) is 15.7. The fourth-order valence-corrected chi connectivity index (χ4v) is 7.25. The van der Waals surface area contributed by atoms with Gasteiger partial charge in [-0.1, -0.05) is 12.2 Å². The molecular weight excluding hydrogens is 646 g/mol. The molecule has 0 aliphatic carbocycles. The smallest absolute Gasteiger partial charge is 0.382 e. The first kappa shape index (κ1) is 30.7. The number of hydrogen-bond acceptors (Lipinski definition) is 15. The van der Waals surface area contributed by atoms with Crippen LogP contribution in [0.1, 0.15) is 38.6 Å². The molecule has 6 rings (SSSR count). The van der Waals surface area contributed by atoms with E-state index in [1.54, 1.807) is 22.4 Å². The molecule has 6 heterocycles. The lowest BCUT2D eigenvalue weighted by Crippen LogP contribution is -2.41. The van der Waals surface area contributed by atoms with Crippen molar-refractivity contribution in [2.75, 3.05) is 24.7 Å². The molecule has 0 aromatic carbocycles. The number of nitrogens with two attached hydrogens (primary N) is 2. The van der Waals surface area contributed by atoms with Crippen molar-refractivity contribution in [1.29, 1.82) is 0 Å². The van der Waals surface area contributed by atoms with Crippen LogP contribution in [-0.2, 0) is 39.4 Å². The fraction of sp³-hybridized carbons (Fsp3) is 0.524. The maximum Gasteiger partial charge on any atom is 0.386 e. The van der Waals surface area contributed by atoms with Crippen molar-refractivity contribution in [3.05, 3.63) is 25.3 Å². The first-order chi connectivity index (χ1) is 20.3. The number of imidazole rings is 2. The Balaban J connectivity index is 1.14. The highest BCUT2D eigenvalue weighted by molar-refractivity contribution is 8.44. The quantitative estimate of drug-likeness (QED) is 0.119. The van der Waals surface area contributed by atoms with Crippen molar-refractivity contribution >= 4 is 71.5 Å². The van der Waals surface area contributed by atoms with E-state index in [1.807, 2.05) is 0 Å². The lowest BCUT2D eigenvalue weighted by molar-refractivity contribution is -0.108. The summed E-state index contributed by atoms with van der Waals surface area (Å²) in [5.74, 6) is 0.451. The molecule has 43 heavy (non-hydrogen) atoms. The minimum Gasteiger partial charge on any atom is -0.382 e. The number of ether oxygens (including phenoxy) is 2. The van der Waals surface area contributed by atoms with Gasteiger partial charge in [0.1, 0.15) is 47.8 Å². The Labute approximate surface area is 254 Å². The third-order valence-corrected chi connectivity index (χ3v) is 9.59. The molecule has 0 radical (unpaired) electrons. The number of hydrogen-bond donors (Lipinski definition) is 5. The van der Waals surface area contributed by atoms with Crippen LogP contribution in [-0.4, -0.2) is 79.8 Å². The molecule has 2 fully saturated rings. The van der Waals surface area contributed by atoms with E-state index in [9.17, 15) is 14.4 Å². The highest BCUT2D eigenvalue weighted by Crippen LogP contribution is 2.58. The lowest BCUT2D eigenvalue weighted by Gasteiger charge is -2.31. The zero-order valence-corrected chi connectivity index (χ0v) is 26.0. The van der Waals surface area contributed by atoms with Gasteiger partial charge in [-0.3, -0.25) is 18.2 Å². The van der Waals surface area contributed by atoms with Crippen LogP contribution in [0.3, 0.4) is 0 Å². The number of aromatic nitrogens is 8. The average Bonchev–Trinajstić information content (AvgIpc) is 3.72. The van der Waals surface area contributed by atoms with Gasteiger partial charge in [0.25, 0.3) is 0 Å². The number of nitrogen functional groups attached to an aromatic ring is 2. The highest BCUT2D eigenvalue weighted by atomic mass is 32.7. The van der Waals surface area contributed by atoms with Crippen molar-refractivity contribution in [3.63, 3.8) is 0 Å². The van der Waals surface area contributed by atoms with Gasteiger partial charge in [0.2, 0.25) is 0 Å². The molecular formula is C21H28N10O8P2S2. The van der Waals surface area contributed by atoms with Gasteiger partial charge in [-0.15, -0.1) is 0 Å². The summed E-state index contributed by atoms with van der Waals surface area (Å²) < 4.78 is 45.8. The van der Waals surface area contributed by atoms with Gasteiger partial charge in [-0.25, -0.2) is 34.5 Å². The molecule has 232 valence electrons. The van der Waals surface area contributed by atoms with Crippen molar-refractivity contribution in [2.24, 2.45) is 0 Å². The topological polar surface area (TPSA) is 243 Å². The third kappa shape index (κ3) is 6.41. The summed E-state index contributed by atoms with van der Waals surface area (Å²) in [7, 11) is 0. The van der Waals surface area contributed by atoms with Gasteiger partial charge in [-0.05, 0) is 31.6 Å². The van der Waals surface area contributed by atoms with Gasteiger partial charge in [-0.2, -0.15) is 0 Å². The summed E-state index contributed by atoms with van der Waals surface area (Å²) in [6.45, 7) is -6.95. The van der Waals surface area contributed by atoms with E-state index in [2.05, 4.69) is 54.0 Å². The summed E-state index contributed by atoms with van der Waals surface area (Å²) >= 11 is 8.81. The molecule has 4 aromatic heterocycles. The van der Waals surface area contributed by atoms with Crippen LogP contribution in [0.4, 0.5) is 11.6 Å². The summed E-state index contributed by atoms with van der Waals surface area (Å²) in [5, 5.41) is 0. The van der Waals surface area contributed by atoms with Crippen molar-refractivity contribution in [2.45, 2.75) is 56.5 Å². The zero-order valence-electron chi connectivity index (χ0n) is 22.5. The highest BCUT2D eigenvalue weighted by Gasteiger charge is 2.51. The molecule has 2 aliphatic heterocycles. The average molecular weight is 675 g/mol. The van der Waals surface area contributed by atoms with E-state index in [0.717, 1.165) is 0 Å². The van der Waals surface area contributed by atoms with Crippen LogP contribution in [0.2, 0.25) is 0 Å². The van der Waals surface area contributed by atoms with Crippen LogP contribution < -0.4 is 11.5 Å². The second kappa shape index (κ2) is 11.5. The van der Waals surface area contributed by atoms with E-state index in [4.69, 9.17) is 34.5 Å². The van der Waals surface area contributed by atoms with Crippen molar-refractivity contribution < 1.29 is 37.4 Å². The van der Waals surface area contributed by atoms with E-state index in [0.29, 0.717) is 35.2 Å². The Hall–Kier alpha value is -2.35. The zero-order chi connectivity index (χ0) is 30.6. The van der Waals surface area contributed by atoms with Gasteiger partial charge in [0.15, 0.2) is 22.9 Å². The fourth-order valence-electron chi connectivity index (χ4n) is 5.08. The van der Waals surface area contributed by atoms with E-state index in [-0.39, 0.29) is 30.9 Å². The normalized spacial score (nSPS) is 27.7. The summed E-state index contributed by atoms with van der Waals surface area (Å²) in [4.78, 5) is 44.3. The van der Waals surface area contributed by atoms with E-state index < -0.39 is 44.2 Å². The number of nitrogens with zero attached hydrogens (tertiary/aromatic N) is 8. The Morgan fingerprint density at radius 2 is 1.63 bits per heavy atom. The Bertz CT molecular complexity index is 1760. The predicted octanol–water partition coefficient (Wildman–Crippen LogP) is 1.85. The summed E-state index contributed by atoms with van der Waals surface area (Å²) in [6.07, 6.45) is 4.50. The Morgan fingerprint density at radius 1 is 1.02 bits per heavy atom. The first-order valence-corrected chi connectivity index (χ1v) is 18.2. The Morgan fingerprint density at radius 3 is 2.23 bits per heavy atom. The van der Waals surface area contributed by atoms with E-state index >= 15 is 0 Å². The van der Waals surface area contributed by atoms with E-state index in [1.165, 1.54) is 19.0 Å². The lowest BCUT2D eigenvalue weighted by atomic mass is 10.0. The Kier molecular flexibility index (Phi) is 8.23. The maximum atomic E-state index is 13.4. The number of rotatable bonds is 10. The van der Waals surface area contributed by atoms with Crippen LogP contribution in [0.15, 0.2) is 25.3 Å². The van der Waals surface area contributed by atoms with Gasteiger partial charge >= 0.3 is 13.5 Å². The molecule has 22 heteroatoms. The third-order valence-electron chi connectivity index (χ3n) is 7.19. The molecule has 2 saturated heterocycles. The monoisotopic (exact) mass is 674 g/mol. The van der Waals surface area contributed by atoms with Crippen LogP contribution >= 0.6 is 25.8 Å². The molecule has 0 saturated carbocycles. The second-order valence-electron chi connectivity index (χ2n) is 10.2. The van der Waals surface area contributed by atoms with Gasteiger partial charge < -0.3 is 35.3 Å². The molecule has 0 spiro atoms. The number of thiol groups is 1. The molecule has 2 aliphatic rings. The minimum atomic E-state index is -4.05. The molecule has 1 unspecified atom stereocenters. The first-order valence-electron chi connectivity index (χ1n) is 12.9. The van der Waals surface area contributed by atoms with Gasteiger partial charge in [0, 0.05) is 6.42 Å². The van der Waals surface area contributed by atoms with Crippen molar-refractivity contribution in [1.82, 2.24) is 39.0 Å². The molecule has 6 atom stereocenters. The summed E-state index contributed by atoms with van der Waals surface area (Å²) in [5.41, 5.74) is 12.2. The largest absolute Gasteiger partial charge is 0.386 e. The molecule has 6 N–H and O–H groups in total. The van der Waals surface area contributed by atoms with Crippen LogP contribution in [0, 0.1) is 0 Å². The predicted molar refractivity (Wildman–Crippen MR) is 158 cm³/mol. The van der Waals surface area contributed by atoms with Crippen molar-refractivity contribution in [3.8, 4) is 0 Å². The standard InChI is InChI=1S/C21H28N10O8P2S2/c1-21(6-36-40(32,33)42)12(4-14(38-21)31-10-29-16-18(23)25-8-27-20(16)31)39-41(34,43)35-5-11-2-3-13(37-11)30-9-28-15-17(22)24-7-26-19(15)30/h7-14H,2-6H2,1H3,(H,34,43)(H2,22,24,26)(H2,23,25,27)(H2,32,33,42)/t11-,12-,13+,14+,21+,41?/m0/s1. The molecule has 0 amide bonds. The number of fused-ring (bicyclic) bond motifs is 2. The summed E-state index contributed by atoms with van der Waals surface area (Å²) in [6, 6.07) is 0. The number of anilines is 2. The minimum absolute atomic E-state index is 0.0817. The van der Waals surface area contributed by atoms with Crippen LogP contribution in [0.5, 0.6) is 0 Å². The molecule has 4 aromatic rings. The maximum absolute atomic E-state index is 13.4. The molecule has 18 nitrogen and oxygen atoms in total. The van der Waals surface area contributed by atoms with Crippen LogP contribution in [0.25, 0.3) is 22.3 Å².